The molecule has 0 bridgehead atoms. The Bertz CT molecular complexity index is 954. The number of phenolic OH excluding ortho intramolecular Hbond substituents is 1. The summed E-state index contributed by atoms with van der Waals surface area (Å²) in [4.78, 5) is 26.5. The molecule has 0 spiro atoms. The first-order valence-corrected chi connectivity index (χ1v) is 12.0. The van der Waals surface area contributed by atoms with Crippen LogP contribution in [0.3, 0.4) is 0 Å². The molecule has 32 heavy (non-hydrogen) atoms. The van der Waals surface area contributed by atoms with E-state index >= 15 is 0 Å². The fourth-order valence-corrected chi connectivity index (χ4v) is 5.53. The SMILES string of the molecule is CCCC1=C([C@H](O)CC/C(C)=C/c2cc(Br)ccc2O)[C@H](CO)[C@@H]2C(=O)N(C)C(=O)[C@@H]2C1. The summed E-state index contributed by atoms with van der Waals surface area (Å²) in [5.41, 5.74) is 3.44. The number of nitrogens with zero attached hydrogens (tertiary/aromatic N) is 1. The molecule has 4 atom stereocenters. The lowest BCUT2D eigenvalue weighted by Gasteiger charge is -2.36. The number of halogens is 1. The molecule has 3 N–H and O–H groups in total. The third-order valence-electron chi connectivity index (χ3n) is 6.72. The first-order chi connectivity index (χ1) is 15.2. The van der Waals surface area contributed by atoms with Crippen molar-refractivity contribution in [3.05, 3.63) is 45.0 Å². The van der Waals surface area contributed by atoms with Gasteiger partial charge >= 0.3 is 0 Å². The third-order valence-corrected chi connectivity index (χ3v) is 7.21. The van der Waals surface area contributed by atoms with E-state index in [2.05, 4.69) is 15.9 Å². The van der Waals surface area contributed by atoms with Gasteiger partial charge in [0.05, 0.1) is 24.5 Å². The van der Waals surface area contributed by atoms with E-state index in [0.717, 1.165) is 34.0 Å². The highest BCUT2D eigenvalue weighted by molar-refractivity contribution is 9.10. The van der Waals surface area contributed by atoms with Crippen LogP contribution in [0, 0.1) is 17.8 Å². The molecular formula is C25H32BrNO5. The van der Waals surface area contributed by atoms with Crippen molar-refractivity contribution in [3.63, 3.8) is 0 Å². The van der Waals surface area contributed by atoms with Crippen LogP contribution in [0.4, 0.5) is 0 Å². The first-order valence-electron chi connectivity index (χ1n) is 11.2. The maximum atomic E-state index is 12.7. The minimum Gasteiger partial charge on any atom is -0.507 e. The first kappa shape index (κ1) is 24.7. The number of aliphatic hydroxyl groups is 2. The molecule has 1 heterocycles. The summed E-state index contributed by atoms with van der Waals surface area (Å²) in [6.45, 7) is 3.72. The Labute approximate surface area is 197 Å². The number of allylic oxidation sites excluding steroid dienone is 2. The highest BCUT2D eigenvalue weighted by Crippen LogP contribution is 2.46. The molecule has 1 aromatic carbocycles. The molecule has 0 radical (unpaired) electrons. The molecule has 0 unspecified atom stereocenters. The van der Waals surface area contributed by atoms with Gasteiger partial charge < -0.3 is 15.3 Å². The van der Waals surface area contributed by atoms with E-state index in [1.165, 1.54) is 11.9 Å². The smallest absolute Gasteiger partial charge is 0.233 e. The molecule has 6 nitrogen and oxygen atoms in total. The number of fused-ring (bicyclic) bond motifs is 1. The fourth-order valence-electron chi connectivity index (χ4n) is 5.15. The highest BCUT2D eigenvalue weighted by atomic mass is 79.9. The van der Waals surface area contributed by atoms with Gasteiger partial charge in [-0.15, -0.1) is 0 Å². The molecule has 1 aliphatic carbocycles. The van der Waals surface area contributed by atoms with Gasteiger partial charge in [-0.05, 0) is 56.4 Å². The van der Waals surface area contributed by atoms with Gasteiger partial charge in [-0.25, -0.2) is 0 Å². The standard InChI is InChI=1S/C25H32BrNO5/c1-4-5-15-12-18-23(25(32)27(3)24(18)31)19(13-28)22(15)21(30)8-6-14(2)10-16-11-17(26)7-9-20(16)29/h7,9-11,18-19,21,23,28-30H,4-6,8,12-13H2,1-3H3/b14-10+/t18-,19+,21-,23-/m1/s1. The number of aliphatic hydroxyl groups excluding tert-OH is 2. The van der Waals surface area contributed by atoms with Crippen molar-refractivity contribution in [3.8, 4) is 5.75 Å². The molecule has 2 aliphatic rings. The van der Waals surface area contributed by atoms with Crippen molar-refractivity contribution in [1.29, 1.82) is 0 Å². The van der Waals surface area contributed by atoms with E-state index in [1.54, 1.807) is 12.1 Å². The monoisotopic (exact) mass is 505 g/mol. The Morgan fingerprint density at radius 1 is 1.31 bits per heavy atom. The average Bonchev–Trinajstić information content (AvgIpc) is 2.97. The predicted octanol–water partition coefficient (Wildman–Crippen LogP) is 4.04. The minimum absolute atomic E-state index is 0.187. The number of carbonyl (C=O) groups is 2. The number of hydrogen-bond donors (Lipinski definition) is 3. The van der Waals surface area contributed by atoms with Crippen LogP contribution >= 0.6 is 15.9 Å². The second-order valence-corrected chi connectivity index (χ2v) is 9.83. The molecule has 0 aromatic heterocycles. The van der Waals surface area contributed by atoms with Crippen LogP contribution in [-0.4, -0.2) is 51.8 Å². The lowest BCUT2D eigenvalue weighted by Crippen LogP contribution is -2.39. The summed E-state index contributed by atoms with van der Waals surface area (Å²) in [6.07, 6.45) is 4.18. The van der Waals surface area contributed by atoms with Crippen molar-refractivity contribution in [2.75, 3.05) is 13.7 Å². The summed E-state index contributed by atoms with van der Waals surface area (Å²) in [7, 11) is 1.50. The Balaban J connectivity index is 1.83. The van der Waals surface area contributed by atoms with Crippen LogP contribution < -0.4 is 0 Å². The van der Waals surface area contributed by atoms with Crippen LogP contribution in [0.1, 0.15) is 51.5 Å². The lowest BCUT2D eigenvalue weighted by molar-refractivity contribution is -0.138. The van der Waals surface area contributed by atoms with E-state index in [1.807, 2.05) is 26.0 Å². The zero-order valence-corrected chi connectivity index (χ0v) is 20.4. The fraction of sp³-hybridized carbons (Fsp3) is 0.520. The van der Waals surface area contributed by atoms with E-state index in [-0.39, 0.29) is 24.2 Å². The average molecular weight is 506 g/mol. The quantitative estimate of drug-likeness (QED) is 0.365. The number of hydrogen-bond acceptors (Lipinski definition) is 5. The number of imide groups is 1. The zero-order chi connectivity index (χ0) is 23.6. The van der Waals surface area contributed by atoms with Crippen molar-refractivity contribution < 1.29 is 24.9 Å². The number of likely N-dealkylation sites (tertiary alicyclic amines) is 1. The minimum atomic E-state index is -0.803. The van der Waals surface area contributed by atoms with E-state index in [0.29, 0.717) is 24.8 Å². The van der Waals surface area contributed by atoms with Gasteiger partial charge in [0, 0.05) is 23.0 Å². The second-order valence-electron chi connectivity index (χ2n) is 8.92. The van der Waals surface area contributed by atoms with Crippen molar-refractivity contribution >= 4 is 33.8 Å². The molecule has 3 rings (SSSR count). The van der Waals surface area contributed by atoms with Crippen molar-refractivity contribution in [1.82, 2.24) is 4.90 Å². The Morgan fingerprint density at radius 3 is 2.69 bits per heavy atom. The topological polar surface area (TPSA) is 98.1 Å². The van der Waals surface area contributed by atoms with Gasteiger partial charge in [-0.3, -0.25) is 14.5 Å². The summed E-state index contributed by atoms with van der Waals surface area (Å²) in [5, 5.41) is 31.4. The van der Waals surface area contributed by atoms with Crippen LogP contribution in [-0.2, 0) is 9.59 Å². The van der Waals surface area contributed by atoms with E-state index in [4.69, 9.17) is 0 Å². The summed E-state index contributed by atoms with van der Waals surface area (Å²) in [5.74, 6) is -1.84. The molecule has 7 heteroatoms. The molecule has 1 aromatic rings. The van der Waals surface area contributed by atoms with Gasteiger partial charge in [0.25, 0.3) is 0 Å². The van der Waals surface area contributed by atoms with Gasteiger partial charge in [0.1, 0.15) is 5.75 Å². The number of phenols is 1. The molecule has 1 saturated heterocycles. The molecular weight excluding hydrogens is 474 g/mol. The summed E-state index contributed by atoms with van der Waals surface area (Å²) in [6, 6.07) is 5.23. The molecule has 0 saturated carbocycles. The second kappa shape index (κ2) is 10.3. The Kier molecular flexibility index (Phi) is 7.96. The normalized spacial score (nSPS) is 24.9. The molecule has 1 fully saturated rings. The Hall–Kier alpha value is -1.96. The number of aromatic hydroxyl groups is 1. The number of rotatable bonds is 8. The molecule has 1 aliphatic heterocycles. The van der Waals surface area contributed by atoms with Crippen LogP contribution in [0.15, 0.2) is 39.4 Å². The summed E-state index contributed by atoms with van der Waals surface area (Å²) < 4.78 is 0.868. The van der Waals surface area contributed by atoms with Crippen LogP contribution in [0.25, 0.3) is 6.08 Å². The van der Waals surface area contributed by atoms with Gasteiger partial charge in [0.15, 0.2) is 0 Å². The van der Waals surface area contributed by atoms with Crippen molar-refractivity contribution in [2.24, 2.45) is 17.8 Å². The van der Waals surface area contributed by atoms with E-state index in [9.17, 15) is 24.9 Å². The van der Waals surface area contributed by atoms with Gasteiger partial charge in [-0.1, -0.05) is 46.5 Å². The maximum Gasteiger partial charge on any atom is 0.233 e. The zero-order valence-electron chi connectivity index (χ0n) is 18.8. The maximum absolute atomic E-state index is 12.7. The predicted molar refractivity (Wildman–Crippen MR) is 127 cm³/mol. The molecule has 174 valence electrons. The van der Waals surface area contributed by atoms with Crippen LogP contribution in [0.2, 0.25) is 0 Å². The van der Waals surface area contributed by atoms with E-state index < -0.39 is 23.9 Å². The lowest BCUT2D eigenvalue weighted by atomic mass is 9.67. The highest BCUT2D eigenvalue weighted by Gasteiger charge is 2.53. The molecule has 2 amide bonds. The van der Waals surface area contributed by atoms with Gasteiger partial charge in [0.2, 0.25) is 11.8 Å². The summed E-state index contributed by atoms with van der Waals surface area (Å²) >= 11 is 3.41. The Morgan fingerprint density at radius 2 is 2.03 bits per heavy atom. The number of carbonyl (C=O) groups excluding carboxylic acids is 2. The number of benzene rings is 1. The van der Waals surface area contributed by atoms with Crippen LogP contribution in [0.5, 0.6) is 5.75 Å². The number of amides is 2. The third kappa shape index (κ3) is 4.85. The largest absolute Gasteiger partial charge is 0.507 e. The van der Waals surface area contributed by atoms with Gasteiger partial charge in [-0.2, -0.15) is 0 Å². The van der Waals surface area contributed by atoms with Crippen molar-refractivity contribution in [2.45, 2.75) is 52.1 Å².